The van der Waals surface area contributed by atoms with Crippen molar-refractivity contribution in [2.75, 3.05) is 13.1 Å². The maximum absolute atomic E-state index is 6.07. The second-order valence-electron chi connectivity index (χ2n) is 3.87. The number of likely N-dealkylation sites (N-methyl/N-ethyl adjacent to an activating group) is 1. The van der Waals surface area contributed by atoms with E-state index in [9.17, 15) is 0 Å². The van der Waals surface area contributed by atoms with Crippen molar-refractivity contribution in [1.82, 2.24) is 5.32 Å². The van der Waals surface area contributed by atoms with Crippen molar-refractivity contribution >= 4 is 0 Å². The minimum Gasteiger partial charge on any atom is -0.326 e. The minimum atomic E-state index is 0.394. The quantitative estimate of drug-likeness (QED) is 0.671. The molecular weight excluding hydrogens is 148 g/mol. The number of hydrogen-bond acceptors (Lipinski definition) is 2. The molecule has 0 aromatic heterocycles. The average Bonchev–Trinajstić information content (AvgIpc) is 2.15. The van der Waals surface area contributed by atoms with E-state index in [1.807, 2.05) is 0 Å². The lowest BCUT2D eigenvalue weighted by molar-refractivity contribution is 0.299. The molecule has 0 aliphatic heterocycles. The molecule has 0 radical (unpaired) electrons. The molecule has 3 N–H and O–H groups in total. The molecule has 1 saturated carbocycles. The zero-order chi connectivity index (χ0) is 8.81. The molecule has 0 aromatic carbocycles. The Balaban J connectivity index is 2.15. The minimum absolute atomic E-state index is 0.394. The molecule has 2 heteroatoms. The van der Waals surface area contributed by atoms with Crippen LogP contribution in [-0.4, -0.2) is 19.1 Å². The smallest absolute Gasteiger partial charge is 0.0193 e. The van der Waals surface area contributed by atoms with Gasteiger partial charge in [-0.2, -0.15) is 0 Å². The van der Waals surface area contributed by atoms with E-state index in [1.165, 1.54) is 32.1 Å². The summed E-state index contributed by atoms with van der Waals surface area (Å²) in [7, 11) is 0. The van der Waals surface area contributed by atoms with Crippen molar-refractivity contribution in [3.8, 4) is 0 Å². The summed E-state index contributed by atoms with van der Waals surface area (Å²) in [6.07, 6.45) is 6.92. The third kappa shape index (κ3) is 3.11. The van der Waals surface area contributed by atoms with Gasteiger partial charge in [0.15, 0.2) is 0 Å². The second kappa shape index (κ2) is 5.55. The van der Waals surface area contributed by atoms with E-state index in [4.69, 9.17) is 5.73 Å². The fraction of sp³-hybridized carbons (Fsp3) is 1.00. The number of nitrogens with two attached hydrogens (primary N) is 1. The molecule has 72 valence electrons. The maximum Gasteiger partial charge on any atom is 0.0193 e. The van der Waals surface area contributed by atoms with E-state index in [0.29, 0.717) is 6.04 Å². The van der Waals surface area contributed by atoms with Crippen molar-refractivity contribution in [3.05, 3.63) is 0 Å². The van der Waals surface area contributed by atoms with Crippen molar-refractivity contribution in [3.63, 3.8) is 0 Å². The Morgan fingerprint density at radius 3 is 2.58 bits per heavy atom. The van der Waals surface area contributed by atoms with Crippen molar-refractivity contribution < 1.29 is 0 Å². The highest BCUT2D eigenvalue weighted by Crippen LogP contribution is 2.25. The molecule has 0 spiro atoms. The molecule has 0 heterocycles. The largest absolute Gasteiger partial charge is 0.326 e. The van der Waals surface area contributed by atoms with E-state index in [2.05, 4.69) is 12.2 Å². The van der Waals surface area contributed by atoms with Crippen LogP contribution in [0, 0.1) is 5.92 Å². The van der Waals surface area contributed by atoms with Gasteiger partial charge in [-0.1, -0.05) is 26.2 Å². The predicted molar refractivity (Wildman–Crippen MR) is 53.1 cm³/mol. The standard InChI is InChI=1S/C10H22N2/c1-2-12-8-10(11)9-6-4-3-5-7-9/h9-10,12H,2-8,11H2,1H3. The highest BCUT2D eigenvalue weighted by molar-refractivity contribution is 4.77. The van der Waals surface area contributed by atoms with E-state index < -0.39 is 0 Å². The predicted octanol–water partition coefficient (Wildman–Crippen LogP) is 1.50. The normalized spacial score (nSPS) is 22.5. The van der Waals surface area contributed by atoms with Crippen LogP contribution in [0.2, 0.25) is 0 Å². The number of rotatable bonds is 4. The van der Waals surface area contributed by atoms with Crippen LogP contribution in [0.1, 0.15) is 39.0 Å². The Morgan fingerprint density at radius 2 is 2.00 bits per heavy atom. The molecule has 0 bridgehead atoms. The van der Waals surface area contributed by atoms with Gasteiger partial charge in [-0.05, 0) is 25.3 Å². The Bertz CT molecular complexity index is 108. The molecule has 0 aromatic rings. The van der Waals surface area contributed by atoms with Crippen LogP contribution in [0.5, 0.6) is 0 Å². The van der Waals surface area contributed by atoms with Gasteiger partial charge >= 0.3 is 0 Å². The van der Waals surface area contributed by atoms with Crippen LogP contribution in [-0.2, 0) is 0 Å². The topological polar surface area (TPSA) is 38.0 Å². The van der Waals surface area contributed by atoms with Crippen molar-refractivity contribution in [2.45, 2.75) is 45.1 Å². The zero-order valence-corrected chi connectivity index (χ0v) is 8.18. The Hall–Kier alpha value is -0.0800. The second-order valence-corrected chi connectivity index (χ2v) is 3.87. The van der Waals surface area contributed by atoms with Gasteiger partial charge in [0, 0.05) is 12.6 Å². The van der Waals surface area contributed by atoms with Crippen LogP contribution in [0.3, 0.4) is 0 Å². The first-order valence-electron chi connectivity index (χ1n) is 5.31. The summed E-state index contributed by atoms with van der Waals surface area (Å²) in [5, 5.41) is 3.32. The van der Waals surface area contributed by atoms with Gasteiger partial charge in [0.2, 0.25) is 0 Å². The molecule has 1 rings (SSSR count). The first kappa shape index (κ1) is 10.0. The van der Waals surface area contributed by atoms with Gasteiger partial charge in [0.05, 0.1) is 0 Å². The van der Waals surface area contributed by atoms with Gasteiger partial charge in [0.1, 0.15) is 0 Å². The SMILES string of the molecule is CCNCC(N)C1CCCCC1. The van der Waals surface area contributed by atoms with E-state index in [1.54, 1.807) is 0 Å². The van der Waals surface area contributed by atoms with Crippen molar-refractivity contribution in [2.24, 2.45) is 11.7 Å². The molecule has 2 nitrogen and oxygen atoms in total. The summed E-state index contributed by atoms with van der Waals surface area (Å²) in [6, 6.07) is 0.394. The Labute approximate surface area is 75.9 Å². The monoisotopic (exact) mass is 170 g/mol. The molecule has 1 unspecified atom stereocenters. The summed E-state index contributed by atoms with van der Waals surface area (Å²) in [4.78, 5) is 0. The molecular formula is C10H22N2. The first-order chi connectivity index (χ1) is 5.84. The maximum atomic E-state index is 6.07. The number of hydrogen-bond donors (Lipinski definition) is 2. The summed E-state index contributed by atoms with van der Waals surface area (Å²) < 4.78 is 0. The van der Waals surface area contributed by atoms with Gasteiger partial charge < -0.3 is 11.1 Å². The summed E-state index contributed by atoms with van der Waals surface area (Å²) in [5.41, 5.74) is 6.07. The first-order valence-corrected chi connectivity index (χ1v) is 5.31. The van der Waals surface area contributed by atoms with Crippen LogP contribution >= 0.6 is 0 Å². The molecule has 1 fully saturated rings. The third-order valence-corrected chi connectivity index (χ3v) is 2.89. The average molecular weight is 170 g/mol. The van der Waals surface area contributed by atoms with Gasteiger partial charge in [-0.3, -0.25) is 0 Å². The lowest BCUT2D eigenvalue weighted by Gasteiger charge is -2.27. The Kier molecular flexibility index (Phi) is 4.62. The van der Waals surface area contributed by atoms with E-state index in [-0.39, 0.29) is 0 Å². The molecule has 12 heavy (non-hydrogen) atoms. The lowest BCUT2D eigenvalue weighted by Crippen LogP contribution is -2.40. The third-order valence-electron chi connectivity index (χ3n) is 2.89. The summed E-state index contributed by atoms with van der Waals surface area (Å²) >= 11 is 0. The van der Waals surface area contributed by atoms with Crippen LogP contribution in [0.25, 0.3) is 0 Å². The highest BCUT2D eigenvalue weighted by Gasteiger charge is 2.19. The molecule has 1 aliphatic carbocycles. The molecule has 0 saturated heterocycles. The van der Waals surface area contributed by atoms with Crippen LogP contribution in [0.4, 0.5) is 0 Å². The number of nitrogens with one attached hydrogen (secondary N) is 1. The Morgan fingerprint density at radius 1 is 1.33 bits per heavy atom. The van der Waals surface area contributed by atoms with Gasteiger partial charge in [-0.15, -0.1) is 0 Å². The molecule has 1 atom stereocenters. The molecule has 0 amide bonds. The molecule has 1 aliphatic rings. The van der Waals surface area contributed by atoms with Gasteiger partial charge in [-0.25, -0.2) is 0 Å². The lowest BCUT2D eigenvalue weighted by atomic mass is 9.84. The highest BCUT2D eigenvalue weighted by atomic mass is 14.9. The summed E-state index contributed by atoms with van der Waals surface area (Å²) in [5.74, 6) is 0.790. The summed E-state index contributed by atoms with van der Waals surface area (Å²) in [6.45, 7) is 4.18. The van der Waals surface area contributed by atoms with Crippen LogP contribution in [0.15, 0.2) is 0 Å². The fourth-order valence-electron chi connectivity index (χ4n) is 2.04. The van der Waals surface area contributed by atoms with Crippen molar-refractivity contribution in [1.29, 1.82) is 0 Å². The van der Waals surface area contributed by atoms with E-state index in [0.717, 1.165) is 19.0 Å². The fourth-order valence-corrected chi connectivity index (χ4v) is 2.04. The van der Waals surface area contributed by atoms with E-state index >= 15 is 0 Å². The van der Waals surface area contributed by atoms with Gasteiger partial charge in [0.25, 0.3) is 0 Å². The van der Waals surface area contributed by atoms with Crippen LogP contribution < -0.4 is 11.1 Å². The zero-order valence-electron chi connectivity index (χ0n) is 8.18.